The average molecular weight is 312 g/mol. The van der Waals surface area contributed by atoms with E-state index in [0.29, 0.717) is 12.3 Å². The number of ether oxygens (including phenoxy) is 1. The van der Waals surface area contributed by atoms with Crippen LogP contribution in [-0.4, -0.2) is 30.6 Å². The minimum atomic E-state index is -0.264. The second kappa shape index (κ2) is 14.9. The van der Waals surface area contributed by atoms with Crippen molar-refractivity contribution in [2.45, 2.75) is 85.0 Å². The van der Waals surface area contributed by atoms with Crippen LogP contribution in [0.5, 0.6) is 0 Å². The molecule has 130 valence electrons. The van der Waals surface area contributed by atoms with Crippen molar-refractivity contribution < 1.29 is 9.53 Å². The van der Waals surface area contributed by atoms with Crippen molar-refractivity contribution in [1.29, 1.82) is 0 Å². The van der Waals surface area contributed by atoms with Crippen LogP contribution in [0, 0.1) is 0 Å². The first kappa shape index (κ1) is 21.0. The second-order valence-corrected chi connectivity index (χ2v) is 5.94. The Hall–Kier alpha value is -0.990. The average Bonchev–Trinajstić information content (AvgIpc) is 2.53. The van der Waals surface area contributed by atoms with Crippen molar-refractivity contribution in [3.05, 3.63) is 12.3 Å². The molecule has 0 saturated carbocycles. The maximum absolute atomic E-state index is 11.8. The minimum Gasteiger partial charge on any atom is -0.461 e. The highest BCUT2D eigenvalue weighted by molar-refractivity contribution is 5.87. The molecule has 0 spiro atoms. The van der Waals surface area contributed by atoms with E-state index >= 15 is 0 Å². The largest absolute Gasteiger partial charge is 0.461 e. The predicted octanol–water partition coefficient (Wildman–Crippen LogP) is 5.31. The quantitative estimate of drug-likeness (QED) is 0.233. The summed E-state index contributed by atoms with van der Waals surface area (Å²) in [5.41, 5.74) is 0.483. The summed E-state index contributed by atoms with van der Waals surface area (Å²) in [6, 6.07) is 0. The molecular weight excluding hydrogens is 274 g/mol. The molecule has 0 aromatic heterocycles. The molecule has 0 amide bonds. The molecule has 0 heterocycles. The zero-order valence-corrected chi connectivity index (χ0v) is 15.2. The number of esters is 1. The standard InChI is InChI=1S/C19H37NO2/c1-5-8-9-10-11-12-13-14-15-16-17-22-19(21)18(4)20(6-2)7-3/h4-17H2,1-3H3. The van der Waals surface area contributed by atoms with Gasteiger partial charge in [0.05, 0.1) is 6.61 Å². The van der Waals surface area contributed by atoms with Gasteiger partial charge in [-0.3, -0.25) is 0 Å². The summed E-state index contributed by atoms with van der Waals surface area (Å²) in [6.07, 6.45) is 12.9. The van der Waals surface area contributed by atoms with Gasteiger partial charge in [0.15, 0.2) is 0 Å². The maximum atomic E-state index is 11.8. The van der Waals surface area contributed by atoms with Crippen LogP contribution in [0.3, 0.4) is 0 Å². The van der Waals surface area contributed by atoms with Crippen LogP contribution in [0.2, 0.25) is 0 Å². The third-order valence-corrected chi connectivity index (χ3v) is 4.11. The van der Waals surface area contributed by atoms with Crippen molar-refractivity contribution in [1.82, 2.24) is 4.90 Å². The molecule has 0 bridgehead atoms. The van der Waals surface area contributed by atoms with Crippen molar-refractivity contribution in [3.8, 4) is 0 Å². The monoisotopic (exact) mass is 311 g/mol. The van der Waals surface area contributed by atoms with E-state index in [-0.39, 0.29) is 5.97 Å². The number of carbonyl (C=O) groups excluding carboxylic acids is 1. The van der Waals surface area contributed by atoms with E-state index in [0.717, 1.165) is 25.9 Å². The van der Waals surface area contributed by atoms with Crippen molar-refractivity contribution >= 4 is 5.97 Å². The molecule has 0 fully saturated rings. The number of nitrogens with zero attached hydrogens (tertiary/aromatic N) is 1. The Balaban J connectivity index is 3.42. The van der Waals surface area contributed by atoms with Gasteiger partial charge in [-0.1, -0.05) is 71.3 Å². The van der Waals surface area contributed by atoms with Crippen LogP contribution >= 0.6 is 0 Å². The first-order valence-electron chi connectivity index (χ1n) is 9.28. The fourth-order valence-corrected chi connectivity index (χ4v) is 2.57. The van der Waals surface area contributed by atoms with Gasteiger partial charge in [-0.05, 0) is 20.3 Å². The number of rotatable bonds is 15. The first-order chi connectivity index (χ1) is 10.7. The van der Waals surface area contributed by atoms with Crippen LogP contribution < -0.4 is 0 Å². The summed E-state index contributed by atoms with van der Waals surface area (Å²) in [5.74, 6) is -0.264. The van der Waals surface area contributed by atoms with Crippen molar-refractivity contribution in [2.24, 2.45) is 0 Å². The van der Waals surface area contributed by atoms with Gasteiger partial charge in [0.2, 0.25) is 0 Å². The molecule has 0 saturated heterocycles. The molecule has 0 aromatic carbocycles. The second-order valence-electron chi connectivity index (χ2n) is 5.94. The Morgan fingerprint density at radius 1 is 0.818 bits per heavy atom. The Labute approximate surface area is 138 Å². The highest BCUT2D eigenvalue weighted by Crippen LogP contribution is 2.11. The van der Waals surface area contributed by atoms with Gasteiger partial charge in [-0.25, -0.2) is 4.79 Å². The Kier molecular flexibility index (Phi) is 14.3. The first-order valence-corrected chi connectivity index (χ1v) is 9.28. The summed E-state index contributed by atoms with van der Waals surface area (Å²) < 4.78 is 5.28. The Morgan fingerprint density at radius 3 is 1.73 bits per heavy atom. The van der Waals surface area contributed by atoms with Crippen LogP contribution in [-0.2, 0) is 9.53 Å². The number of hydrogen-bond donors (Lipinski definition) is 0. The smallest absolute Gasteiger partial charge is 0.353 e. The lowest BCUT2D eigenvalue weighted by Crippen LogP contribution is -2.27. The molecule has 0 aliphatic carbocycles. The summed E-state index contributed by atoms with van der Waals surface area (Å²) in [4.78, 5) is 13.7. The topological polar surface area (TPSA) is 29.5 Å². The highest BCUT2D eigenvalue weighted by atomic mass is 16.5. The van der Waals surface area contributed by atoms with E-state index < -0.39 is 0 Å². The fraction of sp³-hybridized carbons (Fsp3) is 0.842. The van der Waals surface area contributed by atoms with E-state index in [2.05, 4.69) is 13.5 Å². The van der Waals surface area contributed by atoms with Gasteiger partial charge in [-0.15, -0.1) is 0 Å². The van der Waals surface area contributed by atoms with E-state index in [1.54, 1.807) is 0 Å². The molecule has 22 heavy (non-hydrogen) atoms. The summed E-state index contributed by atoms with van der Waals surface area (Å²) in [7, 11) is 0. The molecule has 0 radical (unpaired) electrons. The van der Waals surface area contributed by atoms with Crippen LogP contribution in [0.1, 0.15) is 85.0 Å². The molecule has 3 nitrogen and oxygen atoms in total. The van der Waals surface area contributed by atoms with Gasteiger partial charge in [0, 0.05) is 13.1 Å². The highest BCUT2D eigenvalue weighted by Gasteiger charge is 2.13. The number of unbranched alkanes of at least 4 members (excludes halogenated alkanes) is 9. The Bertz CT molecular complexity index is 285. The van der Waals surface area contributed by atoms with Crippen LogP contribution in [0.25, 0.3) is 0 Å². The molecule has 0 aromatic rings. The van der Waals surface area contributed by atoms with E-state index in [1.165, 1.54) is 51.4 Å². The number of hydrogen-bond acceptors (Lipinski definition) is 3. The van der Waals surface area contributed by atoms with Crippen molar-refractivity contribution in [2.75, 3.05) is 19.7 Å². The molecule has 0 rings (SSSR count). The normalized spacial score (nSPS) is 10.5. The molecule has 0 N–H and O–H groups in total. The molecule has 0 unspecified atom stereocenters. The van der Waals surface area contributed by atoms with E-state index in [9.17, 15) is 4.79 Å². The maximum Gasteiger partial charge on any atom is 0.353 e. The minimum absolute atomic E-state index is 0.264. The predicted molar refractivity (Wildman–Crippen MR) is 94.9 cm³/mol. The lowest BCUT2D eigenvalue weighted by Gasteiger charge is -2.21. The Morgan fingerprint density at radius 2 is 1.27 bits per heavy atom. The van der Waals surface area contributed by atoms with Crippen LogP contribution in [0.4, 0.5) is 0 Å². The number of likely N-dealkylation sites (N-methyl/N-ethyl adjacent to an activating group) is 1. The molecule has 3 heteroatoms. The fourth-order valence-electron chi connectivity index (χ4n) is 2.57. The van der Waals surface area contributed by atoms with Crippen LogP contribution in [0.15, 0.2) is 12.3 Å². The third-order valence-electron chi connectivity index (χ3n) is 4.11. The van der Waals surface area contributed by atoms with Gasteiger partial charge in [-0.2, -0.15) is 0 Å². The van der Waals surface area contributed by atoms with E-state index in [4.69, 9.17) is 4.74 Å². The van der Waals surface area contributed by atoms with Gasteiger partial charge in [0.1, 0.15) is 5.70 Å². The zero-order chi connectivity index (χ0) is 16.6. The summed E-state index contributed by atoms with van der Waals surface area (Å²) >= 11 is 0. The van der Waals surface area contributed by atoms with Gasteiger partial charge in [0.25, 0.3) is 0 Å². The van der Waals surface area contributed by atoms with Gasteiger partial charge < -0.3 is 9.64 Å². The number of carbonyl (C=O) groups is 1. The van der Waals surface area contributed by atoms with Crippen molar-refractivity contribution in [3.63, 3.8) is 0 Å². The summed E-state index contributed by atoms with van der Waals surface area (Å²) in [6.45, 7) is 12.2. The lowest BCUT2D eigenvalue weighted by atomic mass is 10.1. The third kappa shape index (κ3) is 10.7. The molecule has 0 atom stereocenters. The molecular formula is C19H37NO2. The van der Waals surface area contributed by atoms with Gasteiger partial charge >= 0.3 is 5.97 Å². The van der Waals surface area contributed by atoms with E-state index in [1.807, 2.05) is 18.7 Å². The SMILES string of the molecule is C=C(C(=O)OCCCCCCCCCCCC)N(CC)CC. The molecule has 0 aliphatic heterocycles. The molecule has 0 aliphatic rings. The zero-order valence-electron chi connectivity index (χ0n) is 15.2. The lowest BCUT2D eigenvalue weighted by molar-refractivity contribution is -0.141. The summed E-state index contributed by atoms with van der Waals surface area (Å²) in [5, 5.41) is 0.